The Bertz CT molecular complexity index is 1010. The number of amides is 1. The summed E-state index contributed by atoms with van der Waals surface area (Å²) in [5, 5.41) is 3.37. The fraction of sp³-hybridized carbons (Fsp3) is 0.227. The second kappa shape index (κ2) is 8.10. The molecule has 0 aliphatic carbocycles. The number of amidine groups is 1. The highest BCUT2D eigenvalue weighted by Crippen LogP contribution is 2.18. The van der Waals surface area contributed by atoms with Crippen LogP contribution in [-0.4, -0.2) is 54.6 Å². The minimum Gasteiger partial charge on any atom is -0.378 e. The van der Waals surface area contributed by atoms with E-state index in [1.54, 1.807) is 11.1 Å². The van der Waals surface area contributed by atoms with E-state index < -0.39 is 0 Å². The molecule has 3 aliphatic rings. The van der Waals surface area contributed by atoms with Gasteiger partial charge in [-0.15, -0.1) is 0 Å². The lowest BCUT2D eigenvalue weighted by atomic mass is 10.2. The maximum absolute atomic E-state index is 12.6. The van der Waals surface area contributed by atoms with Crippen LogP contribution in [0.4, 0.5) is 11.5 Å². The third kappa shape index (κ3) is 3.70. The number of anilines is 2. The monoisotopic (exact) mass is 403 g/mol. The number of benzene rings is 1. The number of ether oxygens (including phenoxy) is 1. The summed E-state index contributed by atoms with van der Waals surface area (Å²) in [7, 11) is 0. The summed E-state index contributed by atoms with van der Waals surface area (Å²) < 4.78 is 5.32. The predicted octanol–water partition coefficient (Wildman–Crippen LogP) is 1.05. The predicted molar refractivity (Wildman–Crippen MR) is 114 cm³/mol. The Morgan fingerprint density at radius 3 is 2.70 bits per heavy atom. The quantitative estimate of drug-likeness (QED) is 0.799. The second-order valence-corrected chi connectivity index (χ2v) is 7.29. The summed E-state index contributed by atoms with van der Waals surface area (Å²) in [4.78, 5) is 26.7. The van der Waals surface area contributed by atoms with Gasteiger partial charge < -0.3 is 15.0 Å². The van der Waals surface area contributed by atoms with Crippen molar-refractivity contribution >= 4 is 23.2 Å². The zero-order valence-corrected chi connectivity index (χ0v) is 16.5. The van der Waals surface area contributed by atoms with Crippen LogP contribution < -0.4 is 15.1 Å². The average molecular weight is 403 g/mol. The van der Waals surface area contributed by atoms with Gasteiger partial charge in [-0.25, -0.2) is 9.88 Å². The Balaban J connectivity index is 1.34. The largest absolute Gasteiger partial charge is 0.378 e. The van der Waals surface area contributed by atoms with E-state index in [4.69, 9.17) is 4.74 Å². The molecule has 2 N–H and O–H groups in total. The van der Waals surface area contributed by atoms with Crippen LogP contribution >= 0.6 is 0 Å². The van der Waals surface area contributed by atoms with Crippen LogP contribution in [0.3, 0.4) is 0 Å². The fourth-order valence-corrected chi connectivity index (χ4v) is 3.74. The number of aliphatic imine (C=N–C) groups is 1. The highest BCUT2D eigenvalue weighted by molar-refractivity contribution is 5.97. The number of rotatable bonds is 4. The lowest BCUT2D eigenvalue weighted by Gasteiger charge is -2.29. The molecule has 1 aromatic carbocycles. The maximum atomic E-state index is 12.6. The molecule has 0 bridgehead atoms. The number of para-hydroxylation sites is 1. The molecule has 1 saturated heterocycles. The van der Waals surface area contributed by atoms with Gasteiger partial charge in [0.25, 0.3) is 11.7 Å². The van der Waals surface area contributed by atoms with Gasteiger partial charge in [0.1, 0.15) is 17.7 Å². The molecule has 152 valence electrons. The number of carbonyl (C=O) groups excluding carboxylic acids is 1. The number of hydrogen-bond donors (Lipinski definition) is 2. The summed E-state index contributed by atoms with van der Waals surface area (Å²) >= 11 is 0. The number of carbonyl (C=O) groups is 1. The van der Waals surface area contributed by atoms with Crippen LogP contribution in [0.2, 0.25) is 0 Å². The molecule has 5 rings (SSSR count). The smallest absolute Gasteiger partial charge is 0.257 e. The van der Waals surface area contributed by atoms with Crippen molar-refractivity contribution in [2.24, 2.45) is 4.99 Å². The highest BCUT2D eigenvalue weighted by Gasteiger charge is 2.31. The zero-order chi connectivity index (χ0) is 20.3. The van der Waals surface area contributed by atoms with Gasteiger partial charge in [0.15, 0.2) is 6.67 Å². The molecule has 8 heteroatoms. The van der Waals surface area contributed by atoms with Crippen molar-refractivity contribution in [1.82, 2.24) is 9.88 Å². The standard InChI is InChI=1S/C22H22N6O2/c29-22(26-10-12-30-13-11-26)17-6-7-20(24-14-17)25-19-15-28(18-4-2-1-3-5-18)16-27-9-8-23-21(19)27/h1-9,14-15H,10-13,16H2,(H,24,25)/p+1. The molecule has 4 heterocycles. The van der Waals surface area contributed by atoms with Gasteiger partial charge in [0.2, 0.25) is 0 Å². The number of aromatic nitrogens is 1. The van der Waals surface area contributed by atoms with Crippen LogP contribution in [0.15, 0.2) is 78.0 Å². The molecule has 1 aromatic heterocycles. The SMILES string of the molecule is O=C(c1ccc(NC2=CN(c3ccccc3)C[NH+]3C=CN=C23)nc1)N1CCOCC1. The van der Waals surface area contributed by atoms with Crippen molar-refractivity contribution in [3.05, 3.63) is 78.5 Å². The van der Waals surface area contributed by atoms with Crippen molar-refractivity contribution < 1.29 is 14.4 Å². The first kappa shape index (κ1) is 18.5. The lowest BCUT2D eigenvalue weighted by molar-refractivity contribution is -0.743. The summed E-state index contributed by atoms with van der Waals surface area (Å²) in [6.07, 6.45) is 7.54. The van der Waals surface area contributed by atoms with Gasteiger partial charge in [-0.05, 0) is 24.3 Å². The van der Waals surface area contributed by atoms with Gasteiger partial charge in [0.05, 0.1) is 25.0 Å². The second-order valence-electron chi connectivity index (χ2n) is 7.29. The Kier molecular flexibility index (Phi) is 5.00. The van der Waals surface area contributed by atoms with Crippen LogP contribution in [0.1, 0.15) is 10.4 Å². The van der Waals surface area contributed by atoms with Crippen molar-refractivity contribution in [3.63, 3.8) is 0 Å². The first-order valence-corrected chi connectivity index (χ1v) is 10.0. The minimum absolute atomic E-state index is 0.00975. The zero-order valence-electron chi connectivity index (χ0n) is 16.5. The molecule has 8 nitrogen and oxygen atoms in total. The summed E-state index contributed by atoms with van der Waals surface area (Å²) in [5.74, 6) is 1.59. The molecule has 0 radical (unpaired) electrons. The van der Waals surface area contributed by atoms with Crippen molar-refractivity contribution in [2.75, 3.05) is 43.2 Å². The molecule has 1 amide bonds. The number of morpholine rings is 1. The summed E-state index contributed by atoms with van der Waals surface area (Å²) in [5.41, 5.74) is 2.58. The Morgan fingerprint density at radius 2 is 1.93 bits per heavy atom. The molecule has 30 heavy (non-hydrogen) atoms. The molecule has 2 aromatic rings. The lowest BCUT2D eigenvalue weighted by Crippen LogP contribution is -3.12. The molecule has 0 saturated carbocycles. The van der Waals surface area contributed by atoms with Crippen LogP contribution in [0.5, 0.6) is 0 Å². The Morgan fingerprint density at radius 1 is 1.10 bits per heavy atom. The molecule has 3 aliphatic heterocycles. The van der Waals surface area contributed by atoms with E-state index >= 15 is 0 Å². The van der Waals surface area contributed by atoms with E-state index in [0.29, 0.717) is 37.7 Å². The number of fused-ring (bicyclic) bond motifs is 1. The van der Waals surface area contributed by atoms with Crippen molar-refractivity contribution in [2.45, 2.75) is 0 Å². The van der Waals surface area contributed by atoms with E-state index in [9.17, 15) is 4.79 Å². The number of nitrogens with one attached hydrogen (secondary N) is 2. The van der Waals surface area contributed by atoms with E-state index in [-0.39, 0.29) is 5.91 Å². The summed E-state index contributed by atoms with van der Waals surface area (Å²) in [6.45, 7) is 3.17. The van der Waals surface area contributed by atoms with Crippen LogP contribution in [0.25, 0.3) is 0 Å². The van der Waals surface area contributed by atoms with Gasteiger partial charge in [0, 0.05) is 31.2 Å². The van der Waals surface area contributed by atoms with Crippen molar-refractivity contribution in [3.8, 4) is 0 Å². The van der Waals surface area contributed by atoms with Gasteiger partial charge in [-0.3, -0.25) is 9.69 Å². The number of quaternary nitrogens is 1. The molecule has 1 fully saturated rings. The first-order chi connectivity index (χ1) is 14.8. The molecule has 1 atom stereocenters. The van der Waals surface area contributed by atoms with E-state index in [1.165, 1.54) is 0 Å². The van der Waals surface area contributed by atoms with Crippen LogP contribution in [0, 0.1) is 0 Å². The Hall–Kier alpha value is -3.49. The number of pyridine rings is 1. The fourth-order valence-electron chi connectivity index (χ4n) is 3.74. The minimum atomic E-state index is -0.00975. The molecular weight excluding hydrogens is 380 g/mol. The molecular formula is C22H23N6O2+. The van der Waals surface area contributed by atoms with Crippen molar-refractivity contribution in [1.29, 1.82) is 0 Å². The van der Waals surface area contributed by atoms with E-state index in [0.717, 1.165) is 28.8 Å². The van der Waals surface area contributed by atoms with E-state index in [2.05, 4.69) is 38.5 Å². The third-order valence-electron chi connectivity index (χ3n) is 5.32. The topological polar surface area (TPSA) is 74.5 Å². The Labute approximate surface area is 174 Å². The van der Waals surface area contributed by atoms with Gasteiger partial charge >= 0.3 is 0 Å². The summed E-state index contributed by atoms with van der Waals surface area (Å²) in [6, 6.07) is 13.9. The normalized spacial score (nSPS) is 20.5. The first-order valence-electron chi connectivity index (χ1n) is 10.0. The van der Waals surface area contributed by atoms with Gasteiger partial charge in [-0.1, -0.05) is 18.2 Å². The molecule has 1 unspecified atom stereocenters. The number of nitrogens with zero attached hydrogens (tertiary/aromatic N) is 4. The maximum Gasteiger partial charge on any atom is 0.257 e. The third-order valence-corrected chi connectivity index (χ3v) is 5.32. The average Bonchev–Trinajstić information content (AvgIpc) is 3.29. The number of hydrogen-bond acceptors (Lipinski definition) is 6. The molecule has 0 spiro atoms. The van der Waals surface area contributed by atoms with Crippen LogP contribution in [-0.2, 0) is 4.74 Å². The highest BCUT2D eigenvalue weighted by atomic mass is 16.5. The van der Waals surface area contributed by atoms with Gasteiger partial charge in [-0.2, -0.15) is 4.99 Å². The van der Waals surface area contributed by atoms with E-state index in [1.807, 2.05) is 42.7 Å².